The van der Waals surface area contributed by atoms with Crippen LogP contribution in [0.3, 0.4) is 0 Å². The van der Waals surface area contributed by atoms with Crippen molar-refractivity contribution in [3.63, 3.8) is 0 Å². The van der Waals surface area contributed by atoms with E-state index < -0.39 is 0 Å². The van der Waals surface area contributed by atoms with Crippen LogP contribution in [0.15, 0.2) is 35.9 Å². The maximum atomic E-state index is 12.2. The standard InChI is InChI=1S/C15H19NO/c1-3-6-12(2)15(17)16-10-9-13-7-4-5-8-14(13)11-16/h4-8H,3,9-11H2,1-2H3. The van der Waals surface area contributed by atoms with Gasteiger partial charge in [-0.25, -0.2) is 0 Å². The summed E-state index contributed by atoms with van der Waals surface area (Å²) in [7, 11) is 0. The van der Waals surface area contributed by atoms with E-state index in [4.69, 9.17) is 0 Å². The molecule has 90 valence electrons. The third-order valence-corrected chi connectivity index (χ3v) is 3.27. The molecule has 2 nitrogen and oxygen atoms in total. The number of hydrogen-bond acceptors (Lipinski definition) is 1. The molecule has 1 aromatic carbocycles. The van der Waals surface area contributed by atoms with Crippen molar-refractivity contribution in [1.82, 2.24) is 4.90 Å². The molecule has 0 saturated carbocycles. The Labute approximate surface area is 103 Å². The van der Waals surface area contributed by atoms with Crippen molar-refractivity contribution in [3.8, 4) is 0 Å². The highest BCUT2D eigenvalue weighted by Gasteiger charge is 2.20. The van der Waals surface area contributed by atoms with Gasteiger partial charge in [-0.15, -0.1) is 0 Å². The minimum Gasteiger partial charge on any atom is -0.334 e. The Bertz CT molecular complexity index is 448. The third-order valence-electron chi connectivity index (χ3n) is 3.27. The second-order valence-corrected chi connectivity index (χ2v) is 4.54. The summed E-state index contributed by atoms with van der Waals surface area (Å²) in [6.07, 6.45) is 3.90. The zero-order chi connectivity index (χ0) is 12.3. The van der Waals surface area contributed by atoms with Crippen LogP contribution in [0.25, 0.3) is 0 Å². The first kappa shape index (κ1) is 11.9. The van der Waals surface area contributed by atoms with Gasteiger partial charge >= 0.3 is 0 Å². The molecule has 0 radical (unpaired) electrons. The van der Waals surface area contributed by atoms with E-state index in [9.17, 15) is 4.79 Å². The fraction of sp³-hybridized carbons (Fsp3) is 0.400. The van der Waals surface area contributed by atoms with Crippen molar-refractivity contribution in [2.45, 2.75) is 33.2 Å². The van der Waals surface area contributed by atoms with Gasteiger partial charge < -0.3 is 4.90 Å². The molecule has 0 fully saturated rings. The summed E-state index contributed by atoms with van der Waals surface area (Å²) in [4.78, 5) is 14.1. The average molecular weight is 229 g/mol. The summed E-state index contributed by atoms with van der Waals surface area (Å²) in [6, 6.07) is 8.39. The number of carbonyl (C=O) groups excluding carboxylic acids is 1. The Balaban J connectivity index is 2.13. The van der Waals surface area contributed by atoms with Crippen molar-refractivity contribution < 1.29 is 4.79 Å². The zero-order valence-corrected chi connectivity index (χ0v) is 10.6. The molecule has 0 aliphatic carbocycles. The molecule has 0 atom stereocenters. The fourth-order valence-corrected chi connectivity index (χ4v) is 2.31. The molecule has 2 rings (SSSR count). The summed E-state index contributed by atoms with van der Waals surface area (Å²) in [5, 5.41) is 0. The molecule has 0 spiro atoms. The molecule has 1 heterocycles. The number of rotatable bonds is 2. The summed E-state index contributed by atoms with van der Waals surface area (Å²) in [5.41, 5.74) is 3.54. The van der Waals surface area contributed by atoms with Crippen molar-refractivity contribution in [2.75, 3.05) is 6.54 Å². The second-order valence-electron chi connectivity index (χ2n) is 4.54. The zero-order valence-electron chi connectivity index (χ0n) is 10.6. The Morgan fingerprint density at radius 3 is 2.76 bits per heavy atom. The lowest BCUT2D eigenvalue weighted by Gasteiger charge is -2.29. The molecule has 1 amide bonds. The minimum absolute atomic E-state index is 0.182. The normalized spacial score (nSPS) is 15.6. The molecule has 2 heteroatoms. The first-order valence-corrected chi connectivity index (χ1v) is 6.25. The van der Waals surface area contributed by atoms with Crippen LogP contribution in [0.2, 0.25) is 0 Å². The molecule has 17 heavy (non-hydrogen) atoms. The van der Waals surface area contributed by atoms with Crippen molar-refractivity contribution in [2.24, 2.45) is 0 Å². The van der Waals surface area contributed by atoms with Crippen molar-refractivity contribution >= 4 is 5.91 Å². The van der Waals surface area contributed by atoms with Crippen molar-refractivity contribution in [1.29, 1.82) is 0 Å². The number of fused-ring (bicyclic) bond motifs is 1. The molecule has 0 bridgehead atoms. The summed E-state index contributed by atoms with van der Waals surface area (Å²) in [6.45, 7) is 5.56. The number of nitrogens with zero attached hydrogens (tertiary/aromatic N) is 1. The predicted molar refractivity (Wildman–Crippen MR) is 69.6 cm³/mol. The number of benzene rings is 1. The summed E-state index contributed by atoms with van der Waals surface area (Å²) < 4.78 is 0. The Morgan fingerprint density at radius 2 is 2.06 bits per heavy atom. The lowest BCUT2D eigenvalue weighted by molar-refractivity contribution is -0.128. The van der Waals surface area contributed by atoms with E-state index in [2.05, 4.69) is 25.1 Å². The van der Waals surface area contributed by atoms with Crippen LogP contribution in [0.4, 0.5) is 0 Å². The van der Waals surface area contributed by atoms with Gasteiger partial charge in [0, 0.05) is 18.7 Å². The average Bonchev–Trinajstić information content (AvgIpc) is 2.37. The van der Waals surface area contributed by atoms with E-state index in [1.807, 2.05) is 24.0 Å². The monoisotopic (exact) mass is 229 g/mol. The summed E-state index contributed by atoms with van der Waals surface area (Å²) in [5.74, 6) is 0.182. The molecule has 1 aliphatic rings. The summed E-state index contributed by atoms with van der Waals surface area (Å²) >= 11 is 0. The van der Waals surface area contributed by atoms with E-state index in [-0.39, 0.29) is 5.91 Å². The van der Waals surface area contributed by atoms with Gasteiger partial charge in [-0.2, -0.15) is 0 Å². The molecule has 0 unspecified atom stereocenters. The lowest BCUT2D eigenvalue weighted by Crippen LogP contribution is -2.36. The minimum atomic E-state index is 0.182. The highest BCUT2D eigenvalue weighted by molar-refractivity contribution is 5.92. The molecule has 0 saturated heterocycles. The van der Waals surface area contributed by atoms with Gasteiger partial charge in [0.2, 0.25) is 5.91 Å². The largest absolute Gasteiger partial charge is 0.334 e. The highest BCUT2D eigenvalue weighted by atomic mass is 16.2. The lowest BCUT2D eigenvalue weighted by atomic mass is 9.99. The van der Waals surface area contributed by atoms with Crippen LogP contribution in [-0.4, -0.2) is 17.4 Å². The van der Waals surface area contributed by atoms with E-state index in [0.717, 1.165) is 31.5 Å². The quantitative estimate of drug-likeness (QED) is 0.714. The van der Waals surface area contributed by atoms with Crippen LogP contribution >= 0.6 is 0 Å². The van der Waals surface area contributed by atoms with Gasteiger partial charge in [-0.3, -0.25) is 4.79 Å². The Kier molecular flexibility index (Phi) is 3.62. The van der Waals surface area contributed by atoms with Crippen LogP contribution in [0, 0.1) is 0 Å². The molecule has 1 aromatic rings. The molecular weight excluding hydrogens is 210 g/mol. The van der Waals surface area contributed by atoms with Gasteiger partial charge in [-0.1, -0.05) is 37.3 Å². The van der Waals surface area contributed by atoms with Crippen LogP contribution in [0.1, 0.15) is 31.4 Å². The molecular formula is C15H19NO. The topological polar surface area (TPSA) is 20.3 Å². The van der Waals surface area contributed by atoms with Crippen LogP contribution in [-0.2, 0) is 17.8 Å². The third kappa shape index (κ3) is 2.57. The first-order chi connectivity index (χ1) is 8.22. The van der Waals surface area contributed by atoms with Gasteiger partial charge in [0.15, 0.2) is 0 Å². The molecule has 0 N–H and O–H groups in total. The highest BCUT2D eigenvalue weighted by Crippen LogP contribution is 2.19. The molecule has 0 aromatic heterocycles. The fourth-order valence-electron chi connectivity index (χ4n) is 2.31. The van der Waals surface area contributed by atoms with Gasteiger partial charge in [0.1, 0.15) is 0 Å². The Morgan fingerprint density at radius 1 is 1.35 bits per heavy atom. The van der Waals surface area contributed by atoms with E-state index in [1.54, 1.807) is 0 Å². The van der Waals surface area contributed by atoms with Gasteiger partial charge in [-0.05, 0) is 30.9 Å². The van der Waals surface area contributed by atoms with E-state index in [1.165, 1.54) is 11.1 Å². The number of carbonyl (C=O) groups is 1. The van der Waals surface area contributed by atoms with Gasteiger partial charge in [0.05, 0.1) is 0 Å². The predicted octanol–water partition coefficient (Wildman–Crippen LogP) is 2.93. The molecule has 1 aliphatic heterocycles. The van der Waals surface area contributed by atoms with E-state index >= 15 is 0 Å². The maximum absolute atomic E-state index is 12.2. The van der Waals surface area contributed by atoms with Crippen LogP contribution in [0.5, 0.6) is 0 Å². The number of hydrogen-bond donors (Lipinski definition) is 0. The SMILES string of the molecule is CCC=C(C)C(=O)N1CCc2ccccc2C1. The van der Waals surface area contributed by atoms with Crippen LogP contribution < -0.4 is 0 Å². The van der Waals surface area contributed by atoms with E-state index in [0.29, 0.717) is 0 Å². The van der Waals surface area contributed by atoms with Crippen molar-refractivity contribution in [3.05, 3.63) is 47.0 Å². The number of amides is 1. The number of allylic oxidation sites excluding steroid dienone is 1. The van der Waals surface area contributed by atoms with Gasteiger partial charge in [0.25, 0.3) is 0 Å². The Hall–Kier alpha value is -1.57. The maximum Gasteiger partial charge on any atom is 0.249 e. The smallest absolute Gasteiger partial charge is 0.249 e. The second kappa shape index (κ2) is 5.17. The first-order valence-electron chi connectivity index (χ1n) is 6.25.